The molecule has 3 N–H and O–H groups in total. The molecule has 0 fully saturated rings. The Kier molecular flexibility index (Phi) is 5.06. The Labute approximate surface area is 106 Å². The lowest BCUT2D eigenvalue weighted by Gasteiger charge is -2.13. The number of halogens is 1. The number of nitrogens with two attached hydrogens (primary N) is 1. The van der Waals surface area contributed by atoms with Crippen LogP contribution in [-0.4, -0.2) is 28.7 Å². The minimum absolute atomic E-state index is 0.0135. The number of nitrogens with one attached hydrogen (secondary N) is 1. The van der Waals surface area contributed by atoms with Crippen molar-refractivity contribution in [1.29, 1.82) is 0 Å². The van der Waals surface area contributed by atoms with Gasteiger partial charge in [0.2, 0.25) is 10.0 Å². The summed E-state index contributed by atoms with van der Waals surface area (Å²) in [5.74, 6) is -0.630. The van der Waals surface area contributed by atoms with Crippen LogP contribution in [0.25, 0.3) is 0 Å². The average Bonchev–Trinajstić information content (AvgIpc) is 2.30. The van der Waals surface area contributed by atoms with E-state index in [2.05, 4.69) is 4.72 Å². The van der Waals surface area contributed by atoms with E-state index in [1.165, 1.54) is 13.2 Å². The van der Waals surface area contributed by atoms with Gasteiger partial charge in [-0.1, -0.05) is 6.92 Å². The number of hydrogen-bond donors (Lipinski definition) is 2. The van der Waals surface area contributed by atoms with Gasteiger partial charge in [-0.3, -0.25) is 0 Å². The van der Waals surface area contributed by atoms with E-state index < -0.39 is 15.8 Å². The molecule has 0 radical (unpaired) electrons. The third-order valence-electron chi connectivity index (χ3n) is 2.34. The van der Waals surface area contributed by atoms with Crippen molar-refractivity contribution in [1.82, 2.24) is 4.72 Å². The first-order valence-corrected chi connectivity index (χ1v) is 6.88. The molecule has 0 spiro atoms. The molecule has 5 nitrogen and oxygen atoms in total. The maximum absolute atomic E-state index is 13.0. The van der Waals surface area contributed by atoms with Crippen molar-refractivity contribution in [3.63, 3.8) is 0 Å². The Bertz CT molecular complexity index is 505. The molecule has 0 bridgehead atoms. The standard InChI is InChI=1S/C11H17FN2O3S/c1-8(7-17-2)6-14-18(15,16)11-5-9(12)3-4-10(11)13/h3-5,8,14H,6-7,13H2,1-2H3. The number of sulfonamides is 1. The Morgan fingerprint density at radius 3 is 2.78 bits per heavy atom. The maximum atomic E-state index is 13.0. The fourth-order valence-corrected chi connectivity index (χ4v) is 2.72. The van der Waals surface area contributed by atoms with Crippen molar-refractivity contribution in [3.8, 4) is 0 Å². The lowest BCUT2D eigenvalue weighted by molar-refractivity contribution is 0.161. The Morgan fingerprint density at radius 1 is 1.50 bits per heavy atom. The van der Waals surface area contributed by atoms with Crippen molar-refractivity contribution in [2.24, 2.45) is 5.92 Å². The smallest absolute Gasteiger partial charge is 0.242 e. The lowest BCUT2D eigenvalue weighted by atomic mass is 10.2. The van der Waals surface area contributed by atoms with Gasteiger partial charge in [-0.25, -0.2) is 17.5 Å². The van der Waals surface area contributed by atoms with Crippen LogP contribution in [0.2, 0.25) is 0 Å². The van der Waals surface area contributed by atoms with E-state index in [0.29, 0.717) is 6.61 Å². The van der Waals surface area contributed by atoms with Gasteiger partial charge >= 0.3 is 0 Å². The fraction of sp³-hybridized carbons (Fsp3) is 0.455. The van der Waals surface area contributed by atoms with Crippen molar-refractivity contribution < 1.29 is 17.5 Å². The van der Waals surface area contributed by atoms with E-state index in [0.717, 1.165) is 12.1 Å². The average molecular weight is 276 g/mol. The van der Waals surface area contributed by atoms with Crippen LogP contribution < -0.4 is 10.5 Å². The van der Waals surface area contributed by atoms with Gasteiger partial charge in [0.1, 0.15) is 10.7 Å². The van der Waals surface area contributed by atoms with E-state index in [4.69, 9.17) is 10.5 Å². The van der Waals surface area contributed by atoms with Gasteiger partial charge in [-0.05, 0) is 24.1 Å². The predicted octanol–water partition coefficient (Wildman–Crippen LogP) is 0.969. The maximum Gasteiger partial charge on any atom is 0.242 e. The normalized spacial score (nSPS) is 13.5. The number of methoxy groups -OCH3 is 1. The number of anilines is 1. The predicted molar refractivity (Wildman–Crippen MR) is 67.0 cm³/mol. The zero-order valence-electron chi connectivity index (χ0n) is 10.3. The number of hydrogen-bond acceptors (Lipinski definition) is 4. The zero-order chi connectivity index (χ0) is 13.8. The second-order valence-electron chi connectivity index (χ2n) is 4.09. The summed E-state index contributed by atoms with van der Waals surface area (Å²) in [6, 6.07) is 3.24. The molecule has 0 amide bonds. The largest absolute Gasteiger partial charge is 0.398 e. The SMILES string of the molecule is COCC(C)CNS(=O)(=O)c1cc(F)ccc1N. The molecule has 0 aromatic heterocycles. The summed E-state index contributed by atoms with van der Waals surface area (Å²) in [6.07, 6.45) is 0. The zero-order valence-corrected chi connectivity index (χ0v) is 11.1. The molecule has 18 heavy (non-hydrogen) atoms. The van der Waals surface area contributed by atoms with Gasteiger partial charge in [0, 0.05) is 20.3 Å². The first-order valence-electron chi connectivity index (χ1n) is 5.40. The van der Waals surface area contributed by atoms with Crippen LogP contribution in [-0.2, 0) is 14.8 Å². The van der Waals surface area contributed by atoms with Crippen LogP contribution in [0.1, 0.15) is 6.92 Å². The molecule has 0 saturated carbocycles. The van der Waals surface area contributed by atoms with Crippen LogP contribution in [0.15, 0.2) is 23.1 Å². The molecule has 102 valence electrons. The summed E-state index contributed by atoms with van der Waals surface area (Å²) in [5.41, 5.74) is 5.55. The molecule has 1 aromatic rings. The molecule has 0 saturated heterocycles. The highest BCUT2D eigenvalue weighted by molar-refractivity contribution is 7.89. The quantitative estimate of drug-likeness (QED) is 0.759. The van der Waals surface area contributed by atoms with Gasteiger partial charge in [-0.2, -0.15) is 0 Å². The van der Waals surface area contributed by atoms with Gasteiger partial charge in [-0.15, -0.1) is 0 Å². The van der Waals surface area contributed by atoms with E-state index in [1.54, 1.807) is 0 Å². The molecule has 1 rings (SSSR count). The molecule has 0 heterocycles. The molecular formula is C11H17FN2O3S. The molecule has 0 aliphatic carbocycles. The molecular weight excluding hydrogens is 259 g/mol. The monoisotopic (exact) mass is 276 g/mol. The Balaban J connectivity index is 2.83. The van der Waals surface area contributed by atoms with Crippen LogP contribution in [0, 0.1) is 11.7 Å². The van der Waals surface area contributed by atoms with Gasteiger partial charge in [0.05, 0.1) is 5.69 Å². The number of nitrogen functional groups attached to an aromatic ring is 1. The fourth-order valence-electron chi connectivity index (χ4n) is 1.41. The van der Waals surface area contributed by atoms with E-state index in [-0.39, 0.29) is 23.0 Å². The third kappa shape index (κ3) is 3.94. The summed E-state index contributed by atoms with van der Waals surface area (Å²) in [6.45, 7) is 2.47. The molecule has 7 heteroatoms. The Hall–Kier alpha value is -1.18. The van der Waals surface area contributed by atoms with E-state index in [9.17, 15) is 12.8 Å². The van der Waals surface area contributed by atoms with E-state index in [1.807, 2.05) is 6.92 Å². The third-order valence-corrected chi connectivity index (χ3v) is 3.82. The first kappa shape index (κ1) is 14.9. The highest BCUT2D eigenvalue weighted by atomic mass is 32.2. The molecule has 0 aliphatic rings. The summed E-state index contributed by atoms with van der Waals surface area (Å²) < 4.78 is 44.1. The van der Waals surface area contributed by atoms with Crippen molar-refractivity contribution >= 4 is 15.7 Å². The van der Waals surface area contributed by atoms with Crippen LogP contribution in [0.5, 0.6) is 0 Å². The van der Waals surface area contributed by atoms with Gasteiger partial charge < -0.3 is 10.5 Å². The second kappa shape index (κ2) is 6.12. The number of benzene rings is 1. The number of ether oxygens (including phenoxy) is 1. The lowest BCUT2D eigenvalue weighted by Crippen LogP contribution is -2.30. The highest BCUT2D eigenvalue weighted by Crippen LogP contribution is 2.19. The van der Waals surface area contributed by atoms with Gasteiger partial charge in [0.15, 0.2) is 0 Å². The van der Waals surface area contributed by atoms with Crippen molar-refractivity contribution in [2.75, 3.05) is 26.0 Å². The van der Waals surface area contributed by atoms with E-state index >= 15 is 0 Å². The summed E-state index contributed by atoms with van der Waals surface area (Å²) >= 11 is 0. The first-order chi connectivity index (χ1) is 8.36. The molecule has 0 aliphatic heterocycles. The van der Waals surface area contributed by atoms with Crippen molar-refractivity contribution in [2.45, 2.75) is 11.8 Å². The summed E-state index contributed by atoms with van der Waals surface area (Å²) in [7, 11) is -2.26. The topological polar surface area (TPSA) is 81.4 Å². The summed E-state index contributed by atoms with van der Waals surface area (Å²) in [4.78, 5) is -0.243. The van der Waals surface area contributed by atoms with Crippen LogP contribution in [0.3, 0.4) is 0 Å². The van der Waals surface area contributed by atoms with Crippen LogP contribution in [0.4, 0.5) is 10.1 Å². The Morgan fingerprint density at radius 2 is 2.17 bits per heavy atom. The minimum atomic E-state index is -3.80. The van der Waals surface area contributed by atoms with Gasteiger partial charge in [0.25, 0.3) is 0 Å². The number of rotatable bonds is 6. The molecule has 1 aromatic carbocycles. The minimum Gasteiger partial charge on any atom is -0.398 e. The van der Waals surface area contributed by atoms with Crippen LogP contribution >= 0.6 is 0 Å². The summed E-state index contributed by atoms with van der Waals surface area (Å²) in [5, 5.41) is 0. The van der Waals surface area contributed by atoms with Crippen molar-refractivity contribution in [3.05, 3.63) is 24.0 Å². The molecule has 1 atom stereocenters. The highest BCUT2D eigenvalue weighted by Gasteiger charge is 2.18. The molecule has 1 unspecified atom stereocenters. The second-order valence-corrected chi connectivity index (χ2v) is 5.83.